The molecule has 5 nitrogen and oxygen atoms in total. The molecule has 0 saturated heterocycles. The number of carbonyl (C=O) groups excluding carboxylic acids is 1. The van der Waals surface area contributed by atoms with Gasteiger partial charge in [0.15, 0.2) is 0 Å². The zero-order valence-electron chi connectivity index (χ0n) is 11.6. The van der Waals surface area contributed by atoms with Gasteiger partial charge in [-0.2, -0.15) is 5.10 Å². The number of hydrogen-bond acceptors (Lipinski definition) is 3. The average Bonchev–Trinajstić information content (AvgIpc) is 3.22. The Morgan fingerprint density at radius 3 is 2.76 bits per heavy atom. The minimum atomic E-state index is -0.157. The van der Waals surface area contributed by atoms with Crippen LogP contribution in [0.4, 0.5) is 0 Å². The van der Waals surface area contributed by atoms with E-state index in [0.29, 0.717) is 18.2 Å². The molecule has 0 radical (unpaired) electrons. The van der Waals surface area contributed by atoms with Gasteiger partial charge in [-0.3, -0.25) is 9.89 Å². The molecule has 1 unspecified atom stereocenters. The van der Waals surface area contributed by atoms with Crippen LogP contribution < -0.4 is 11.1 Å². The van der Waals surface area contributed by atoms with Crippen LogP contribution in [0, 0.1) is 5.92 Å². The first-order valence-corrected chi connectivity index (χ1v) is 6.88. The van der Waals surface area contributed by atoms with Crippen molar-refractivity contribution in [2.75, 3.05) is 6.54 Å². The van der Waals surface area contributed by atoms with Gasteiger partial charge < -0.3 is 11.1 Å². The molecule has 1 aromatic heterocycles. The molecule has 0 bridgehead atoms. The molecule has 3 rings (SSSR count). The molecule has 4 N–H and O–H groups in total. The lowest BCUT2D eigenvalue weighted by Gasteiger charge is -2.10. The highest BCUT2D eigenvalue weighted by Gasteiger charge is 2.28. The Morgan fingerprint density at radius 1 is 1.38 bits per heavy atom. The highest BCUT2D eigenvalue weighted by atomic mass is 35.5. The minimum absolute atomic E-state index is 0. The third kappa shape index (κ3) is 3.83. The number of benzene rings is 1. The van der Waals surface area contributed by atoms with Gasteiger partial charge in [0.1, 0.15) is 5.69 Å². The summed E-state index contributed by atoms with van der Waals surface area (Å²) >= 11 is 0. The lowest BCUT2D eigenvalue weighted by atomic mass is 10.1. The van der Waals surface area contributed by atoms with E-state index >= 15 is 0 Å². The highest BCUT2D eigenvalue weighted by molar-refractivity contribution is 5.93. The lowest BCUT2D eigenvalue weighted by Crippen LogP contribution is -2.38. The van der Waals surface area contributed by atoms with E-state index in [0.717, 1.165) is 11.3 Å². The number of nitrogens with zero attached hydrogens (tertiary/aromatic N) is 1. The number of nitrogens with two attached hydrogens (primary N) is 1. The van der Waals surface area contributed by atoms with E-state index in [9.17, 15) is 4.79 Å². The van der Waals surface area contributed by atoms with Gasteiger partial charge in [-0.05, 0) is 24.8 Å². The van der Waals surface area contributed by atoms with Gasteiger partial charge in [0.2, 0.25) is 0 Å². The molecule has 21 heavy (non-hydrogen) atoms. The normalized spacial score (nSPS) is 15.1. The van der Waals surface area contributed by atoms with Crippen molar-refractivity contribution in [2.24, 2.45) is 11.7 Å². The average molecular weight is 307 g/mol. The lowest BCUT2D eigenvalue weighted by molar-refractivity contribution is 0.0945. The molecule has 1 saturated carbocycles. The van der Waals surface area contributed by atoms with Gasteiger partial charge in [-0.15, -0.1) is 12.4 Å². The highest BCUT2D eigenvalue weighted by Crippen LogP contribution is 2.31. The molecule has 0 spiro atoms. The fourth-order valence-electron chi connectivity index (χ4n) is 2.19. The number of aromatic nitrogens is 2. The van der Waals surface area contributed by atoms with E-state index in [1.807, 2.05) is 30.3 Å². The van der Waals surface area contributed by atoms with Crippen molar-refractivity contribution in [2.45, 2.75) is 18.9 Å². The SMILES string of the molecule is Cl.NC(CNC(=O)c1cc(-c2ccccc2)n[nH]1)C1CC1. The monoisotopic (exact) mass is 306 g/mol. The Hall–Kier alpha value is -1.85. The van der Waals surface area contributed by atoms with Gasteiger partial charge in [-0.25, -0.2) is 0 Å². The number of carbonyl (C=O) groups is 1. The molecule has 2 aromatic rings. The maximum atomic E-state index is 12.0. The van der Waals surface area contributed by atoms with Crippen LogP contribution in [0.2, 0.25) is 0 Å². The molecule has 1 atom stereocenters. The summed E-state index contributed by atoms with van der Waals surface area (Å²) in [7, 11) is 0. The third-order valence-corrected chi connectivity index (χ3v) is 3.62. The van der Waals surface area contributed by atoms with Crippen molar-refractivity contribution < 1.29 is 4.79 Å². The van der Waals surface area contributed by atoms with Gasteiger partial charge in [0, 0.05) is 18.2 Å². The minimum Gasteiger partial charge on any atom is -0.349 e. The van der Waals surface area contributed by atoms with Crippen molar-refractivity contribution in [1.82, 2.24) is 15.5 Å². The molecule has 1 amide bonds. The number of H-pyrrole nitrogens is 1. The molecular formula is C15H19ClN4O. The fraction of sp³-hybridized carbons (Fsp3) is 0.333. The van der Waals surface area contributed by atoms with Crippen molar-refractivity contribution in [1.29, 1.82) is 0 Å². The van der Waals surface area contributed by atoms with E-state index < -0.39 is 0 Å². The Bertz CT molecular complexity index is 595. The molecule has 6 heteroatoms. The quantitative estimate of drug-likeness (QED) is 0.789. The van der Waals surface area contributed by atoms with E-state index in [1.54, 1.807) is 6.07 Å². The van der Waals surface area contributed by atoms with Gasteiger partial charge in [0.25, 0.3) is 5.91 Å². The summed E-state index contributed by atoms with van der Waals surface area (Å²) in [6, 6.07) is 11.6. The van der Waals surface area contributed by atoms with Crippen LogP contribution in [0.15, 0.2) is 36.4 Å². The van der Waals surface area contributed by atoms with Crippen molar-refractivity contribution in [3.05, 3.63) is 42.1 Å². The van der Waals surface area contributed by atoms with Gasteiger partial charge in [-0.1, -0.05) is 30.3 Å². The van der Waals surface area contributed by atoms with E-state index in [-0.39, 0.29) is 24.4 Å². The summed E-state index contributed by atoms with van der Waals surface area (Å²) in [5, 5.41) is 9.78. The fourth-order valence-corrected chi connectivity index (χ4v) is 2.19. The van der Waals surface area contributed by atoms with E-state index in [1.165, 1.54) is 12.8 Å². The molecule has 1 aliphatic carbocycles. The van der Waals surface area contributed by atoms with Crippen LogP contribution in [-0.4, -0.2) is 28.7 Å². The molecular weight excluding hydrogens is 288 g/mol. The number of nitrogens with one attached hydrogen (secondary N) is 2. The Labute approximate surface area is 129 Å². The molecule has 1 heterocycles. The number of amides is 1. The van der Waals surface area contributed by atoms with Crippen LogP contribution in [0.3, 0.4) is 0 Å². The molecule has 1 aliphatic rings. The van der Waals surface area contributed by atoms with Crippen LogP contribution in [-0.2, 0) is 0 Å². The zero-order valence-corrected chi connectivity index (χ0v) is 12.4. The Kier molecular flexibility index (Phi) is 4.98. The predicted octanol–water partition coefficient (Wildman–Crippen LogP) is 1.97. The summed E-state index contributed by atoms with van der Waals surface area (Å²) < 4.78 is 0. The second-order valence-corrected chi connectivity index (χ2v) is 5.24. The van der Waals surface area contributed by atoms with Crippen LogP contribution in [0.1, 0.15) is 23.3 Å². The van der Waals surface area contributed by atoms with Crippen LogP contribution >= 0.6 is 12.4 Å². The standard InChI is InChI=1S/C15H18N4O.ClH/c16-12(10-6-7-10)9-17-15(20)14-8-13(18-19-14)11-4-2-1-3-5-11;/h1-5,8,10,12H,6-7,9,16H2,(H,17,20)(H,18,19);1H. The summed E-state index contributed by atoms with van der Waals surface area (Å²) in [5.41, 5.74) is 8.18. The maximum Gasteiger partial charge on any atom is 0.269 e. The first kappa shape index (κ1) is 15.5. The molecule has 1 aromatic carbocycles. The van der Waals surface area contributed by atoms with Crippen molar-refractivity contribution >= 4 is 18.3 Å². The number of rotatable bonds is 5. The van der Waals surface area contributed by atoms with Gasteiger partial charge in [0.05, 0.1) is 5.69 Å². The molecule has 0 aliphatic heterocycles. The third-order valence-electron chi connectivity index (χ3n) is 3.62. The largest absolute Gasteiger partial charge is 0.349 e. The van der Waals surface area contributed by atoms with Crippen molar-refractivity contribution in [3.63, 3.8) is 0 Å². The zero-order chi connectivity index (χ0) is 13.9. The van der Waals surface area contributed by atoms with Crippen molar-refractivity contribution in [3.8, 4) is 11.3 Å². The molecule has 1 fully saturated rings. The first-order chi connectivity index (χ1) is 9.74. The maximum absolute atomic E-state index is 12.0. The summed E-state index contributed by atoms with van der Waals surface area (Å²) in [5.74, 6) is 0.424. The van der Waals surface area contributed by atoms with Gasteiger partial charge >= 0.3 is 0 Å². The van der Waals surface area contributed by atoms with E-state index in [4.69, 9.17) is 5.73 Å². The summed E-state index contributed by atoms with van der Waals surface area (Å²) in [6.07, 6.45) is 2.36. The topological polar surface area (TPSA) is 83.8 Å². The summed E-state index contributed by atoms with van der Waals surface area (Å²) in [6.45, 7) is 0.517. The van der Waals surface area contributed by atoms with Crippen LogP contribution in [0.25, 0.3) is 11.3 Å². The number of halogens is 1. The Balaban J connectivity index is 0.00000161. The second kappa shape index (κ2) is 6.74. The first-order valence-electron chi connectivity index (χ1n) is 6.88. The Morgan fingerprint density at radius 2 is 2.10 bits per heavy atom. The predicted molar refractivity (Wildman–Crippen MR) is 84.3 cm³/mol. The second-order valence-electron chi connectivity index (χ2n) is 5.24. The van der Waals surface area contributed by atoms with E-state index in [2.05, 4.69) is 15.5 Å². The molecule has 112 valence electrons. The number of aromatic amines is 1. The summed E-state index contributed by atoms with van der Waals surface area (Å²) in [4.78, 5) is 12.0. The smallest absolute Gasteiger partial charge is 0.269 e. The van der Waals surface area contributed by atoms with Crippen LogP contribution in [0.5, 0.6) is 0 Å². The number of hydrogen-bond donors (Lipinski definition) is 3.